The van der Waals surface area contributed by atoms with E-state index < -0.39 is 59.2 Å². The molecule has 5 N–H and O–H groups in total. The van der Waals surface area contributed by atoms with Gasteiger partial charge in [0.25, 0.3) is 0 Å². The molecule has 4 rings (SSSR count). The minimum absolute atomic E-state index is 0.0152. The molecule has 0 saturated carbocycles. The molecule has 0 aliphatic carbocycles. The first-order valence-electron chi connectivity index (χ1n) is 23.6. The number of carbonyl (C=O) groups excluding carboxylic acids is 6. The van der Waals surface area contributed by atoms with Gasteiger partial charge in [-0.1, -0.05) is 74.5 Å². The molecule has 2 aromatic rings. The second-order valence-electron chi connectivity index (χ2n) is 20.3. The third-order valence-electron chi connectivity index (χ3n) is 11.7. The fourth-order valence-corrected chi connectivity index (χ4v) is 8.22. The Morgan fingerprint density at radius 1 is 0.682 bits per heavy atom. The van der Waals surface area contributed by atoms with Gasteiger partial charge in [0.05, 0.1) is 11.6 Å². The van der Waals surface area contributed by atoms with Crippen LogP contribution >= 0.6 is 0 Å². The summed E-state index contributed by atoms with van der Waals surface area (Å²) in [5, 5.41) is 14.9. The van der Waals surface area contributed by atoms with E-state index in [2.05, 4.69) is 26.6 Å². The van der Waals surface area contributed by atoms with Crippen LogP contribution in [0, 0.1) is 11.3 Å². The zero-order valence-electron chi connectivity index (χ0n) is 40.8. The lowest BCUT2D eigenvalue weighted by Gasteiger charge is -2.30. The number of benzene rings is 2. The van der Waals surface area contributed by atoms with Gasteiger partial charge < -0.3 is 45.3 Å². The number of unbranched alkanes of at least 4 members (excludes halogenated alkanes) is 1. The number of ether oxygens (including phenoxy) is 3. The van der Waals surface area contributed by atoms with Crippen LogP contribution in [0.5, 0.6) is 0 Å². The summed E-state index contributed by atoms with van der Waals surface area (Å²) in [5.41, 5.74) is 0.468. The Morgan fingerprint density at radius 3 is 1.77 bits per heavy atom. The number of alkyl carbamates (subject to hydrolysis) is 1. The molecule has 16 nitrogen and oxygen atoms in total. The molecule has 2 aliphatic heterocycles. The first kappa shape index (κ1) is 53.6. The molecule has 2 heterocycles. The molecule has 16 heteroatoms. The zero-order valence-corrected chi connectivity index (χ0v) is 40.8. The van der Waals surface area contributed by atoms with Crippen molar-refractivity contribution in [3.05, 3.63) is 71.8 Å². The number of nitrogens with zero attached hydrogens (tertiary/aromatic N) is 2. The summed E-state index contributed by atoms with van der Waals surface area (Å²) in [4.78, 5) is 85.6. The van der Waals surface area contributed by atoms with E-state index in [1.54, 1.807) is 32.6 Å². The smallest absolute Gasteiger partial charge is 0.407 e. The molecule has 2 aliphatic rings. The molecule has 66 heavy (non-hydrogen) atoms. The van der Waals surface area contributed by atoms with Crippen molar-refractivity contribution < 1.29 is 43.0 Å². The number of likely N-dealkylation sites (tertiary alicyclic amines) is 2. The predicted octanol–water partition coefficient (Wildman–Crippen LogP) is 4.84. The third kappa shape index (κ3) is 18.7. The van der Waals surface area contributed by atoms with Gasteiger partial charge in [-0.25, -0.2) is 4.79 Å². The Kier molecular flexibility index (Phi) is 20.4. The summed E-state index contributed by atoms with van der Waals surface area (Å²) in [7, 11) is 0. The van der Waals surface area contributed by atoms with E-state index in [1.807, 2.05) is 100 Å². The standard InChI is InChI=1S/C50H77N7O9/c1-35(2)28-41(44(60)53-39(22-16-17-25-51-47(63)66-49(7,8)9)46(62)57-27-24-50(32-57)23-26-56(31-50)36(3)58)54-45(61)42(30-38-20-14-11-15-21-38)55-43(59)40(29-37-18-12-10-13-19-37)52-33-64-34-65-48(4,5)6/h10-15,18-21,35,39-42,52H,16-17,22-34H2,1-9H3,(H,51,63)(H,53,60)(H,54,61)(H,55,59)/t39-,40-,41-,42-,50?/m1/s1. The van der Waals surface area contributed by atoms with E-state index in [0.717, 1.165) is 24.0 Å². The normalized spacial score (nSPS) is 18.1. The molecule has 0 aromatic heterocycles. The summed E-state index contributed by atoms with van der Waals surface area (Å²) in [6.45, 7) is 19.1. The van der Waals surface area contributed by atoms with Crippen LogP contribution in [0.25, 0.3) is 0 Å². The molecule has 2 saturated heterocycles. The largest absolute Gasteiger partial charge is 0.444 e. The number of hydrogen-bond donors (Lipinski definition) is 5. The quantitative estimate of drug-likeness (QED) is 0.0760. The molecule has 0 radical (unpaired) electrons. The molecule has 1 unspecified atom stereocenters. The van der Waals surface area contributed by atoms with Gasteiger partial charge in [-0.15, -0.1) is 0 Å². The van der Waals surface area contributed by atoms with Crippen LogP contribution in [0.15, 0.2) is 60.7 Å². The fraction of sp³-hybridized carbons (Fsp3) is 0.640. The highest BCUT2D eigenvalue weighted by molar-refractivity contribution is 5.95. The van der Waals surface area contributed by atoms with Crippen molar-refractivity contribution in [1.29, 1.82) is 0 Å². The molecule has 2 fully saturated rings. The van der Waals surface area contributed by atoms with E-state index in [1.165, 1.54) is 0 Å². The summed E-state index contributed by atoms with van der Waals surface area (Å²) in [6, 6.07) is 15.1. The van der Waals surface area contributed by atoms with Gasteiger partial charge in [0.1, 0.15) is 37.3 Å². The predicted molar refractivity (Wildman–Crippen MR) is 253 cm³/mol. The molecule has 0 bridgehead atoms. The van der Waals surface area contributed by atoms with Crippen molar-refractivity contribution in [3.8, 4) is 0 Å². The van der Waals surface area contributed by atoms with Gasteiger partial charge >= 0.3 is 6.09 Å². The summed E-state index contributed by atoms with van der Waals surface area (Å²) >= 11 is 0. The van der Waals surface area contributed by atoms with Crippen LogP contribution < -0.4 is 26.6 Å². The second-order valence-corrected chi connectivity index (χ2v) is 20.3. The van der Waals surface area contributed by atoms with Crippen molar-refractivity contribution in [1.82, 2.24) is 36.4 Å². The van der Waals surface area contributed by atoms with Gasteiger partial charge in [0.2, 0.25) is 29.5 Å². The molecule has 2 aromatic carbocycles. The Balaban J connectivity index is 1.52. The second kappa shape index (κ2) is 25.2. The van der Waals surface area contributed by atoms with Crippen molar-refractivity contribution in [2.45, 2.75) is 149 Å². The molecule has 6 amide bonds. The van der Waals surface area contributed by atoms with E-state index >= 15 is 0 Å². The van der Waals surface area contributed by atoms with Crippen molar-refractivity contribution >= 4 is 35.6 Å². The minimum Gasteiger partial charge on any atom is -0.444 e. The highest BCUT2D eigenvalue weighted by Gasteiger charge is 2.46. The Labute approximate surface area is 392 Å². The molecular weight excluding hydrogens is 843 g/mol. The Bertz CT molecular complexity index is 1890. The van der Waals surface area contributed by atoms with Crippen LogP contribution in [0.2, 0.25) is 0 Å². The zero-order chi connectivity index (χ0) is 48.5. The highest BCUT2D eigenvalue weighted by atomic mass is 16.7. The lowest BCUT2D eigenvalue weighted by Crippen LogP contribution is -2.59. The maximum atomic E-state index is 14.5. The molecular formula is C50H77N7O9. The van der Waals surface area contributed by atoms with Crippen molar-refractivity contribution in [2.24, 2.45) is 11.3 Å². The van der Waals surface area contributed by atoms with Gasteiger partial charge in [0.15, 0.2) is 0 Å². The maximum Gasteiger partial charge on any atom is 0.407 e. The lowest BCUT2D eigenvalue weighted by atomic mass is 9.86. The Morgan fingerprint density at radius 2 is 1.21 bits per heavy atom. The summed E-state index contributed by atoms with van der Waals surface area (Å²) < 4.78 is 16.7. The van der Waals surface area contributed by atoms with E-state index in [0.29, 0.717) is 58.4 Å². The average molecular weight is 920 g/mol. The Hall–Kier alpha value is -5.06. The number of nitrogens with one attached hydrogen (secondary N) is 5. The van der Waals surface area contributed by atoms with Crippen LogP contribution in [0.4, 0.5) is 4.79 Å². The van der Waals surface area contributed by atoms with Crippen LogP contribution in [-0.2, 0) is 51.0 Å². The topological polar surface area (TPSA) is 197 Å². The number of hydrogen-bond acceptors (Lipinski definition) is 10. The monoisotopic (exact) mass is 920 g/mol. The first-order valence-corrected chi connectivity index (χ1v) is 23.6. The summed E-state index contributed by atoms with van der Waals surface area (Å²) in [5.74, 6) is -1.72. The highest BCUT2D eigenvalue weighted by Crippen LogP contribution is 2.39. The molecule has 1 spiro atoms. The first-order chi connectivity index (χ1) is 31.1. The third-order valence-corrected chi connectivity index (χ3v) is 11.7. The SMILES string of the molecule is CC(=O)N1CCC2(CCN(C(=O)[C@@H](CCCCNC(=O)OC(C)(C)C)NC(=O)[C@@H](CC(C)C)NC(=O)[C@@H](Cc3ccccc3)NC(=O)[C@@H](Cc3ccccc3)NCOCOC(C)(C)C)C2)C1. The van der Waals surface area contributed by atoms with Crippen molar-refractivity contribution in [2.75, 3.05) is 46.2 Å². The number of carbonyl (C=O) groups is 6. The molecule has 5 atom stereocenters. The van der Waals surface area contributed by atoms with Crippen LogP contribution in [0.3, 0.4) is 0 Å². The van der Waals surface area contributed by atoms with E-state index in [4.69, 9.17) is 14.2 Å². The average Bonchev–Trinajstić information content (AvgIpc) is 3.87. The lowest BCUT2D eigenvalue weighted by molar-refractivity contribution is -0.138. The van der Waals surface area contributed by atoms with Crippen molar-refractivity contribution in [3.63, 3.8) is 0 Å². The van der Waals surface area contributed by atoms with Gasteiger partial charge in [-0.05, 0) is 104 Å². The van der Waals surface area contributed by atoms with Gasteiger partial charge in [-0.3, -0.25) is 29.3 Å². The number of rotatable bonds is 23. The van der Waals surface area contributed by atoms with Gasteiger partial charge in [0, 0.05) is 51.5 Å². The maximum absolute atomic E-state index is 14.5. The fourth-order valence-electron chi connectivity index (χ4n) is 8.22. The van der Waals surface area contributed by atoms with Gasteiger partial charge in [-0.2, -0.15) is 0 Å². The minimum atomic E-state index is -1.07. The van der Waals surface area contributed by atoms with E-state index in [9.17, 15) is 28.8 Å². The van der Waals surface area contributed by atoms with Crippen LogP contribution in [0.1, 0.15) is 112 Å². The number of amides is 6. The van der Waals surface area contributed by atoms with E-state index in [-0.39, 0.29) is 49.5 Å². The summed E-state index contributed by atoms with van der Waals surface area (Å²) in [6.07, 6.45) is 3.08. The van der Waals surface area contributed by atoms with Crippen LogP contribution in [-0.4, -0.2) is 127 Å². The molecule has 366 valence electrons.